The second kappa shape index (κ2) is 5.99. The van der Waals surface area contributed by atoms with Gasteiger partial charge in [0.15, 0.2) is 5.79 Å². The summed E-state index contributed by atoms with van der Waals surface area (Å²) in [4.78, 5) is 0. The molecule has 1 heterocycles. The zero-order valence-corrected chi connectivity index (χ0v) is 13.6. The van der Waals surface area contributed by atoms with Gasteiger partial charge in [0.05, 0.1) is 19.8 Å². The first-order valence-electron chi connectivity index (χ1n) is 8.24. The lowest BCUT2D eigenvalue weighted by molar-refractivity contribution is -0.154. The molecule has 0 aromatic heterocycles. The average molecular weight is 296 g/mol. The van der Waals surface area contributed by atoms with Gasteiger partial charge in [-0.1, -0.05) is 25.8 Å². The number of ether oxygens (including phenoxy) is 4. The van der Waals surface area contributed by atoms with Crippen LogP contribution in [0.2, 0.25) is 0 Å². The molecule has 0 bridgehead atoms. The third-order valence-corrected chi connectivity index (χ3v) is 5.82. The minimum atomic E-state index is -0.509. The molecule has 0 amide bonds. The lowest BCUT2D eigenvalue weighted by Gasteiger charge is -2.44. The molecule has 1 spiro atoms. The average Bonchev–Trinajstić information content (AvgIpc) is 3.08. The molecule has 2 atom stereocenters. The van der Waals surface area contributed by atoms with Crippen LogP contribution in [-0.2, 0) is 18.9 Å². The zero-order chi connectivity index (χ0) is 14.9. The van der Waals surface area contributed by atoms with Gasteiger partial charge in [0.1, 0.15) is 6.79 Å². The Labute approximate surface area is 127 Å². The van der Waals surface area contributed by atoms with Gasteiger partial charge in [0, 0.05) is 19.1 Å². The van der Waals surface area contributed by atoms with Crippen LogP contribution in [0, 0.1) is 11.3 Å². The first-order valence-corrected chi connectivity index (χ1v) is 8.24. The van der Waals surface area contributed by atoms with Crippen LogP contribution in [-0.4, -0.2) is 39.5 Å². The number of methoxy groups -OCH3 is 1. The second-order valence-corrected chi connectivity index (χ2v) is 6.72. The molecule has 2 fully saturated rings. The van der Waals surface area contributed by atoms with E-state index in [1.165, 1.54) is 18.4 Å². The Bertz CT molecular complexity index is 411. The summed E-state index contributed by atoms with van der Waals surface area (Å²) < 4.78 is 22.8. The maximum atomic E-state index is 6.05. The molecular weight excluding hydrogens is 268 g/mol. The molecule has 0 unspecified atom stereocenters. The van der Waals surface area contributed by atoms with Crippen LogP contribution in [0.4, 0.5) is 0 Å². The summed E-state index contributed by atoms with van der Waals surface area (Å²) in [6.07, 6.45) is 5.81. The van der Waals surface area contributed by atoms with E-state index in [0.29, 0.717) is 32.0 Å². The van der Waals surface area contributed by atoms with Crippen LogP contribution in [0.15, 0.2) is 11.1 Å². The SMILES string of the molecule is CC[C@@H]1CCC2=C(COCOC)C3(CC[C@]21C)OCCO3. The van der Waals surface area contributed by atoms with Crippen LogP contribution in [0.25, 0.3) is 0 Å². The van der Waals surface area contributed by atoms with Gasteiger partial charge in [-0.3, -0.25) is 0 Å². The lowest BCUT2D eigenvalue weighted by Crippen LogP contribution is -2.43. The highest BCUT2D eigenvalue weighted by atomic mass is 16.7. The number of allylic oxidation sites excluding steroid dienone is 1. The minimum Gasteiger partial charge on any atom is -0.359 e. The summed E-state index contributed by atoms with van der Waals surface area (Å²) in [7, 11) is 1.66. The highest BCUT2D eigenvalue weighted by Gasteiger charge is 2.54. The molecular formula is C17H28O4. The Morgan fingerprint density at radius 3 is 2.67 bits per heavy atom. The Balaban J connectivity index is 1.93. The number of rotatable bonds is 5. The number of fused-ring (bicyclic) bond motifs is 1. The third-order valence-electron chi connectivity index (χ3n) is 5.82. The van der Waals surface area contributed by atoms with Gasteiger partial charge in [0.25, 0.3) is 0 Å². The smallest absolute Gasteiger partial charge is 0.193 e. The van der Waals surface area contributed by atoms with Crippen molar-refractivity contribution >= 4 is 0 Å². The largest absolute Gasteiger partial charge is 0.359 e. The molecule has 0 N–H and O–H groups in total. The maximum Gasteiger partial charge on any atom is 0.193 e. The molecule has 0 aromatic carbocycles. The molecule has 1 saturated heterocycles. The van der Waals surface area contributed by atoms with E-state index in [0.717, 1.165) is 25.2 Å². The van der Waals surface area contributed by atoms with Crippen molar-refractivity contribution in [3.8, 4) is 0 Å². The summed E-state index contributed by atoms with van der Waals surface area (Å²) in [5, 5.41) is 0. The Morgan fingerprint density at radius 1 is 1.24 bits per heavy atom. The van der Waals surface area contributed by atoms with E-state index in [2.05, 4.69) is 13.8 Å². The fourth-order valence-corrected chi connectivity index (χ4v) is 4.68. The molecule has 4 nitrogen and oxygen atoms in total. The molecule has 3 rings (SSSR count). The van der Waals surface area contributed by atoms with E-state index in [4.69, 9.17) is 18.9 Å². The van der Waals surface area contributed by atoms with Crippen LogP contribution in [0.5, 0.6) is 0 Å². The predicted octanol–water partition coefficient (Wildman–Crippen LogP) is 3.27. The fourth-order valence-electron chi connectivity index (χ4n) is 4.68. The first-order chi connectivity index (χ1) is 10.2. The molecule has 4 heteroatoms. The summed E-state index contributed by atoms with van der Waals surface area (Å²) in [5.41, 5.74) is 3.10. The van der Waals surface area contributed by atoms with Gasteiger partial charge in [-0.05, 0) is 30.6 Å². The molecule has 120 valence electrons. The molecule has 1 saturated carbocycles. The quantitative estimate of drug-likeness (QED) is 0.443. The van der Waals surface area contributed by atoms with E-state index >= 15 is 0 Å². The number of hydrogen-bond donors (Lipinski definition) is 0. The molecule has 2 aliphatic carbocycles. The van der Waals surface area contributed by atoms with Crippen molar-refractivity contribution in [2.75, 3.05) is 33.7 Å². The lowest BCUT2D eigenvalue weighted by atomic mass is 9.66. The number of hydrogen-bond acceptors (Lipinski definition) is 4. The summed E-state index contributed by atoms with van der Waals surface area (Å²) in [6.45, 7) is 7.01. The fraction of sp³-hybridized carbons (Fsp3) is 0.882. The van der Waals surface area contributed by atoms with Gasteiger partial charge in [-0.25, -0.2) is 0 Å². The van der Waals surface area contributed by atoms with Gasteiger partial charge in [-0.2, -0.15) is 0 Å². The normalized spacial score (nSPS) is 34.7. The van der Waals surface area contributed by atoms with Gasteiger partial charge < -0.3 is 18.9 Å². The third kappa shape index (κ3) is 2.46. The molecule has 21 heavy (non-hydrogen) atoms. The van der Waals surface area contributed by atoms with Crippen molar-refractivity contribution in [2.45, 2.75) is 51.7 Å². The zero-order valence-electron chi connectivity index (χ0n) is 13.6. The molecule has 3 aliphatic rings. The Morgan fingerprint density at radius 2 is 2.00 bits per heavy atom. The van der Waals surface area contributed by atoms with Crippen molar-refractivity contribution in [2.24, 2.45) is 11.3 Å². The Kier molecular flexibility index (Phi) is 4.42. The molecule has 0 aromatic rings. The molecule has 1 aliphatic heterocycles. The second-order valence-electron chi connectivity index (χ2n) is 6.72. The van der Waals surface area contributed by atoms with Crippen LogP contribution in [0.1, 0.15) is 46.0 Å². The van der Waals surface area contributed by atoms with E-state index in [1.807, 2.05) is 0 Å². The minimum absolute atomic E-state index is 0.307. The van der Waals surface area contributed by atoms with Crippen molar-refractivity contribution in [3.63, 3.8) is 0 Å². The predicted molar refractivity (Wildman–Crippen MR) is 79.8 cm³/mol. The molecule has 0 radical (unpaired) electrons. The maximum absolute atomic E-state index is 6.05. The van der Waals surface area contributed by atoms with E-state index < -0.39 is 5.79 Å². The van der Waals surface area contributed by atoms with Crippen LogP contribution in [0.3, 0.4) is 0 Å². The van der Waals surface area contributed by atoms with Crippen molar-refractivity contribution < 1.29 is 18.9 Å². The van der Waals surface area contributed by atoms with E-state index in [9.17, 15) is 0 Å². The van der Waals surface area contributed by atoms with E-state index in [1.54, 1.807) is 12.7 Å². The van der Waals surface area contributed by atoms with Crippen LogP contribution < -0.4 is 0 Å². The van der Waals surface area contributed by atoms with Crippen molar-refractivity contribution in [3.05, 3.63) is 11.1 Å². The van der Waals surface area contributed by atoms with Crippen molar-refractivity contribution in [1.82, 2.24) is 0 Å². The monoisotopic (exact) mass is 296 g/mol. The topological polar surface area (TPSA) is 36.9 Å². The highest BCUT2D eigenvalue weighted by molar-refractivity contribution is 5.35. The first kappa shape index (κ1) is 15.5. The Hall–Kier alpha value is -0.420. The van der Waals surface area contributed by atoms with Gasteiger partial charge in [-0.15, -0.1) is 0 Å². The summed E-state index contributed by atoms with van der Waals surface area (Å²) in [6, 6.07) is 0. The van der Waals surface area contributed by atoms with Gasteiger partial charge in [0.2, 0.25) is 0 Å². The summed E-state index contributed by atoms with van der Waals surface area (Å²) >= 11 is 0. The summed E-state index contributed by atoms with van der Waals surface area (Å²) in [5.74, 6) is 0.272. The van der Waals surface area contributed by atoms with E-state index in [-0.39, 0.29) is 0 Å². The van der Waals surface area contributed by atoms with Crippen molar-refractivity contribution in [1.29, 1.82) is 0 Å². The highest BCUT2D eigenvalue weighted by Crippen LogP contribution is 2.59. The standard InChI is InChI=1S/C17H28O4/c1-4-13-5-6-14-15(11-19-12-18-3)17(20-9-10-21-17)8-7-16(13,14)2/h13H,4-12H2,1-3H3/t13-,16+/m1/s1. The van der Waals surface area contributed by atoms with Gasteiger partial charge >= 0.3 is 0 Å². The van der Waals surface area contributed by atoms with Crippen LogP contribution >= 0.6 is 0 Å².